The number of carbonyl (C=O) groups is 2. The fourth-order valence-electron chi connectivity index (χ4n) is 3.43. The third-order valence-corrected chi connectivity index (χ3v) is 8.24. The second kappa shape index (κ2) is 8.04. The Morgan fingerprint density at radius 1 is 1.42 bits per heavy atom. The molecule has 0 spiro atoms. The van der Waals surface area contributed by atoms with E-state index in [2.05, 4.69) is 23.7 Å². The van der Waals surface area contributed by atoms with Gasteiger partial charge in [-0.15, -0.1) is 0 Å². The van der Waals surface area contributed by atoms with Crippen LogP contribution in [0.3, 0.4) is 0 Å². The molecule has 0 aromatic carbocycles. The van der Waals surface area contributed by atoms with Crippen LogP contribution in [0.4, 0.5) is 4.79 Å². The summed E-state index contributed by atoms with van der Waals surface area (Å²) < 4.78 is 23.7. The molecule has 9 nitrogen and oxygen atoms in total. The minimum Gasteiger partial charge on any atom is -0.396 e. The molecule has 0 radical (unpaired) electrons. The molecule has 1 unspecified atom stereocenters. The minimum absolute atomic E-state index is 0.0228. The van der Waals surface area contributed by atoms with E-state index in [1.54, 1.807) is 12.3 Å². The van der Waals surface area contributed by atoms with E-state index in [1.165, 1.54) is 21.9 Å². The van der Waals surface area contributed by atoms with Gasteiger partial charge in [-0.05, 0) is 37.7 Å². The van der Waals surface area contributed by atoms with Crippen molar-refractivity contribution < 1.29 is 28.3 Å². The maximum atomic E-state index is 12.6. The molecule has 1 saturated carbocycles. The number of fused-ring (bicyclic) bond motifs is 1. The van der Waals surface area contributed by atoms with E-state index in [-0.39, 0.29) is 43.5 Å². The van der Waals surface area contributed by atoms with Gasteiger partial charge in [0.2, 0.25) is 0 Å². The Hall–Kier alpha value is -2.79. The highest BCUT2D eigenvalue weighted by atomic mass is 32.2. The van der Waals surface area contributed by atoms with Gasteiger partial charge in [0.15, 0.2) is 14.6 Å². The van der Waals surface area contributed by atoms with Crippen LogP contribution in [0.25, 0.3) is 0 Å². The Balaban J connectivity index is 1.64. The van der Waals surface area contributed by atoms with Crippen LogP contribution in [0.2, 0.25) is 0 Å². The third kappa shape index (κ3) is 4.33. The van der Waals surface area contributed by atoms with Crippen LogP contribution in [0.5, 0.6) is 0 Å². The second-order valence-corrected chi connectivity index (χ2v) is 11.0. The number of hydroxylamine groups is 1. The Morgan fingerprint density at radius 3 is 2.68 bits per heavy atom. The van der Waals surface area contributed by atoms with Crippen molar-refractivity contribution in [2.45, 2.75) is 38.0 Å². The van der Waals surface area contributed by atoms with Crippen LogP contribution in [0.1, 0.15) is 37.9 Å². The van der Waals surface area contributed by atoms with E-state index in [1.807, 2.05) is 6.92 Å². The molecule has 1 aliphatic heterocycles. The first-order valence-electron chi connectivity index (χ1n) is 9.72. The zero-order chi connectivity index (χ0) is 23.0. The molecular weight excluding hydrogens is 422 g/mol. The second-order valence-electron chi connectivity index (χ2n) is 8.58. The quantitative estimate of drug-likeness (QED) is 0.328. The summed E-state index contributed by atoms with van der Waals surface area (Å²) in [5, 5.41) is 18.1. The Kier molecular flexibility index (Phi) is 5.94. The van der Waals surface area contributed by atoms with Crippen LogP contribution < -0.4 is 5.48 Å². The maximum absolute atomic E-state index is 12.6. The number of carbonyl (C=O) groups excluding carboxylic acids is 2. The van der Waals surface area contributed by atoms with Crippen LogP contribution in [-0.4, -0.2) is 64.3 Å². The molecule has 2 aliphatic rings. The average Bonchev–Trinajstić information content (AvgIpc) is 3.05. The van der Waals surface area contributed by atoms with Gasteiger partial charge >= 0.3 is 6.03 Å². The van der Waals surface area contributed by atoms with Crippen molar-refractivity contribution in [2.75, 3.05) is 19.4 Å². The lowest BCUT2D eigenvalue weighted by Crippen LogP contribution is -2.50. The standard InChI is InChI=1S/C21H25N3O6S/c1-20(14-25)11-16(20)7-5-4-6-15-10-17-13-23(19(27)24(17)12-15)9-8-21(2,18(26)22-28)31(3,29)30/h10,12,16,25,28H,8-9,11,13-14H2,1-3H3,(H,22,26)/t16-,20+,21?/m0/s1. The Bertz CT molecular complexity index is 1150. The predicted octanol–water partition coefficient (Wildman–Crippen LogP) is 0.344. The van der Waals surface area contributed by atoms with Gasteiger partial charge in [-0.1, -0.05) is 18.8 Å². The van der Waals surface area contributed by atoms with E-state index < -0.39 is 20.5 Å². The van der Waals surface area contributed by atoms with E-state index in [0.29, 0.717) is 11.3 Å². The molecule has 2 heterocycles. The van der Waals surface area contributed by atoms with E-state index >= 15 is 0 Å². The molecular formula is C21H25N3O6S. The zero-order valence-electron chi connectivity index (χ0n) is 17.6. The summed E-state index contributed by atoms with van der Waals surface area (Å²) in [4.78, 5) is 26.0. The summed E-state index contributed by atoms with van der Waals surface area (Å²) >= 11 is 0. The van der Waals surface area contributed by atoms with Gasteiger partial charge in [0.25, 0.3) is 5.91 Å². The minimum atomic E-state index is -3.83. The van der Waals surface area contributed by atoms with Crippen molar-refractivity contribution in [1.82, 2.24) is 14.9 Å². The average molecular weight is 448 g/mol. The highest BCUT2D eigenvalue weighted by Crippen LogP contribution is 2.51. The van der Waals surface area contributed by atoms with Crippen LogP contribution in [-0.2, 0) is 21.2 Å². The number of sulfone groups is 1. The summed E-state index contributed by atoms with van der Waals surface area (Å²) in [7, 11) is -3.83. The fraction of sp³-hybridized carbons (Fsp3) is 0.524. The molecule has 0 bridgehead atoms. The van der Waals surface area contributed by atoms with Gasteiger partial charge in [-0.3, -0.25) is 14.6 Å². The van der Waals surface area contributed by atoms with Gasteiger partial charge in [0.1, 0.15) is 0 Å². The van der Waals surface area contributed by atoms with Crippen molar-refractivity contribution in [3.05, 3.63) is 23.5 Å². The van der Waals surface area contributed by atoms with Gasteiger partial charge < -0.3 is 10.0 Å². The predicted molar refractivity (Wildman–Crippen MR) is 111 cm³/mol. The van der Waals surface area contributed by atoms with Crippen molar-refractivity contribution in [1.29, 1.82) is 0 Å². The summed E-state index contributed by atoms with van der Waals surface area (Å²) in [6, 6.07) is 1.42. The maximum Gasteiger partial charge on any atom is 0.328 e. The fourth-order valence-corrected chi connectivity index (χ4v) is 4.28. The Morgan fingerprint density at radius 2 is 2.13 bits per heavy atom. The molecule has 1 aromatic heterocycles. The molecule has 10 heteroatoms. The van der Waals surface area contributed by atoms with Crippen molar-refractivity contribution in [3.63, 3.8) is 0 Å². The lowest BCUT2D eigenvalue weighted by atomic mass is 10.1. The van der Waals surface area contributed by atoms with Crippen LogP contribution >= 0.6 is 0 Å². The lowest BCUT2D eigenvalue weighted by molar-refractivity contribution is -0.131. The van der Waals surface area contributed by atoms with Crippen LogP contribution in [0.15, 0.2) is 12.3 Å². The molecule has 2 amide bonds. The molecule has 3 N–H and O–H groups in total. The third-order valence-electron chi connectivity index (χ3n) is 6.22. The summed E-state index contributed by atoms with van der Waals surface area (Å²) in [5.41, 5.74) is 2.61. The van der Waals surface area contributed by atoms with E-state index in [9.17, 15) is 23.1 Å². The molecule has 1 fully saturated rings. The lowest BCUT2D eigenvalue weighted by Gasteiger charge is -2.27. The van der Waals surface area contributed by atoms with Crippen molar-refractivity contribution in [3.8, 4) is 23.7 Å². The Labute approximate surface area is 181 Å². The van der Waals surface area contributed by atoms with E-state index in [0.717, 1.165) is 12.7 Å². The SMILES string of the molecule is CC(CCN1Cc2cc(C#CC#C[C@H]3C[C@]3(C)CO)cn2C1=O)(C(=O)NO)S(C)(=O)=O. The van der Waals surface area contributed by atoms with Gasteiger partial charge in [-0.25, -0.2) is 18.7 Å². The summed E-state index contributed by atoms with van der Waals surface area (Å²) in [5.74, 6) is 10.6. The molecule has 166 valence electrons. The largest absolute Gasteiger partial charge is 0.396 e. The number of nitrogens with one attached hydrogen (secondary N) is 1. The highest BCUT2D eigenvalue weighted by Gasteiger charge is 2.48. The first kappa shape index (κ1) is 22.9. The summed E-state index contributed by atoms with van der Waals surface area (Å²) in [6.07, 6.45) is 3.21. The number of rotatable bonds is 6. The van der Waals surface area contributed by atoms with Gasteiger partial charge in [0.05, 0.1) is 6.54 Å². The van der Waals surface area contributed by atoms with Crippen molar-refractivity contribution >= 4 is 21.8 Å². The normalized spacial score (nSPS) is 23.7. The number of aliphatic hydroxyl groups is 1. The van der Waals surface area contributed by atoms with Crippen molar-refractivity contribution in [2.24, 2.45) is 11.3 Å². The molecule has 1 aliphatic carbocycles. The molecule has 3 rings (SSSR count). The smallest absolute Gasteiger partial charge is 0.328 e. The first-order chi connectivity index (χ1) is 14.4. The topological polar surface area (TPSA) is 129 Å². The molecule has 31 heavy (non-hydrogen) atoms. The number of hydrogen-bond acceptors (Lipinski definition) is 6. The number of amides is 2. The molecule has 0 saturated heterocycles. The summed E-state index contributed by atoms with van der Waals surface area (Å²) in [6.45, 7) is 3.58. The van der Waals surface area contributed by atoms with Crippen LogP contribution in [0, 0.1) is 35.0 Å². The zero-order valence-corrected chi connectivity index (χ0v) is 18.4. The highest BCUT2D eigenvalue weighted by molar-refractivity contribution is 7.92. The number of aromatic nitrogens is 1. The monoisotopic (exact) mass is 447 g/mol. The number of hydrogen-bond donors (Lipinski definition) is 3. The van der Waals surface area contributed by atoms with Gasteiger partial charge in [0, 0.05) is 48.2 Å². The first-order valence-corrected chi connectivity index (χ1v) is 11.6. The number of aliphatic hydroxyl groups excluding tert-OH is 1. The van der Waals surface area contributed by atoms with E-state index in [4.69, 9.17) is 5.21 Å². The molecule has 3 atom stereocenters. The van der Waals surface area contributed by atoms with Gasteiger partial charge in [-0.2, -0.15) is 0 Å². The number of nitrogens with zero attached hydrogens (tertiary/aromatic N) is 2. The molecule has 1 aromatic rings.